The standard InChI is InChI=1S/C13H21N3O3/c1-4-19-11-5-6-14-13(16-11)15-8-10(12(17)18)7-9(2)3/h5-6,9-10H,4,7-8H2,1-3H3,(H,17,18)(H,14,15,16). The largest absolute Gasteiger partial charge is 0.481 e. The van der Waals surface area contributed by atoms with E-state index in [0.717, 1.165) is 0 Å². The molecule has 1 unspecified atom stereocenters. The highest BCUT2D eigenvalue weighted by Gasteiger charge is 2.19. The number of aromatic nitrogens is 2. The van der Waals surface area contributed by atoms with Crippen LogP contribution in [0.4, 0.5) is 5.95 Å². The Morgan fingerprint density at radius 3 is 2.84 bits per heavy atom. The van der Waals surface area contributed by atoms with Crippen molar-refractivity contribution in [3.63, 3.8) is 0 Å². The van der Waals surface area contributed by atoms with Crippen molar-refractivity contribution in [2.24, 2.45) is 11.8 Å². The summed E-state index contributed by atoms with van der Waals surface area (Å²) < 4.78 is 5.26. The van der Waals surface area contributed by atoms with E-state index >= 15 is 0 Å². The zero-order valence-electron chi connectivity index (χ0n) is 11.6. The minimum Gasteiger partial charge on any atom is -0.481 e. The maximum atomic E-state index is 11.1. The first-order chi connectivity index (χ1) is 9.02. The lowest BCUT2D eigenvalue weighted by molar-refractivity contribution is -0.141. The van der Waals surface area contributed by atoms with Crippen LogP contribution in [-0.2, 0) is 4.79 Å². The number of rotatable bonds is 8. The number of nitrogens with one attached hydrogen (secondary N) is 1. The fourth-order valence-corrected chi connectivity index (χ4v) is 1.71. The first-order valence-corrected chi connectivity index (χ1v) is 6.45. The number of hydrogen-bond donors (Lipinski definition) is 2. The van der Waals surface area contributed by atoms with Crippen LogP contribution in [0.2, 0.25) is 0 Å². The highest BCUT2D eigenvalue weighted by Crippen LogP contribution is 2.14. The van der Waals surface area contributed by atoms with Gasteiger partial charge in [-0.1, -0.05) is 13.8 Å². The van der Waals surface area contributed by atoms with Crippen molar-refractivity contribution in [1.29, 1.82) is 0 Å². The van der Waals surface area contributed by atoms with Crippen LogP contribution < -0.4 is 10.1 Å². The summed E-state index contributed by atoms with van der Waals surface area (Å²) in [6, 6.07) is 1.66. The Morgan fingerprint density at radius 1 is 1.53 bits per heavy atom. The van der Waals surface area contributed by atoms with Gasteiger partial charge in [-0.05, 0) is 19.3 Å². The Hall–Kier alpha value is -1.85. The topological polar surface area (TPSA) is 84.3 Å². The van der Waals surface area contributed by atoms with Crippen LogP contribution in [0.3, 0.4) is 0 Å². The number of aliphatic carboxylic acids is 1. The first kappa shape index (κ1) is 15.2. The molecule has 0 aromatic carbocycles. The average Bonchev–Trinajstić information content (AvgIpc) is 2.34. The van der Waals surface area contributed by atoms with Gasteiger partial charge in [-0.15, -0.1) is 0 Å². The summed E-state index contributed by atoms with van der Waals surface area (Å²) in [5.74, 6) is -0.0446. The molecular formula is C13H21N3O3. The maximum Gasteiger partial charge on any atom is 0.308 e. The lowest BCUT2D eigenvalue weighted by Gasteiger charge is -2.15. The van der Waals surface area contributed by atoms with Crippen molar-refractivity contribution in [1.82, 2.24) is 9.97 Å². The van der Waals surface area contributed by atoms with E-state index in [1.54, 1.807) is 12.3 Å². The maximum absolute atomic E-state index is 11.1. The number of ether oxygens (including phenoxy) is 1. The first-order valence-electron chi connectivity index (χ1n) is 6.45. The van der Waals surface area contributed by atoms with E-state index in [1.807, 2.05) is 20.8 Å². The molecule has 0 fully saturated rings. The van der Waals surface area contributed by atoms with Gasteiger partial charge >= 0.3 is 5.97 Å². The van der Waals surface area contributed by atoms with Crippen molar-refractivity contribution < 1.29 is 14.6 Å². The molecule has 1 aromatic heterocycles. The quantitative estimate of drug-likeness (QED) is 0.749. The molecule has 0 aliphatic rings. The van der Waals surface area contributed by atoms with E-state index in [0.29, 0.717) is 37.3 Å². The second-order valence-corrected chi connectivity index (χ2v) is 4.70. The summed E-state index contributed by atoms with van der Waals surface area (Å²) in [5.41, 5.74) is 0. The molecule has 19 heavy (non-hydrogen) atoms. The smallest absolute Gasteiger partial charge is 0.308 e. The van der Waals surface area contributed by atoms with Crippen molar-refractivity contribution in [2.45, 2.75) is 27.2 Å². The van der Waals surface area contributed by atoms with Crippen LogP contribution in [0.5, 0.6) is 5.88 Å². The van der Waals surface area contributed by atoms with Crippen molar-refractivity contribution in [2.75, 3.05) is 18.5 Å². The van der Waals surface area contributed by atoms with Crippen LogP contribution in [0, 0.1) is 11.8 Å². The van der Waals surface area contributed by atoms with Crippen molar-refractivity contribution >= 4 is 11.9 Å². The molecule has 6 heteroatoms. The number of carbonyl (C=O) groups is 1. The average molecular weight is 267 g/mol. The van der Waals surface area contributed by atoms with Crippen molar-refractivity contribution in [3.05, 3.63) is 12.3 Å². The van der Waals surface area contributed by atoms with Crippen LogP contribution in [-0.4, -0.2) is 34.2 Å². The summed E-state index contributed by atoms with van der Waals surface area (Å²) in [4.78, 5) is 19.3. The number of anilines is 1. The number of carboxylic acids is 1. The number of carboxylic acid groups (broad SMARTS) is 1. The molecule has 0 saturated heterocycles. The van der Waals surface area contributed by atoms with Gasteiger partial charge in [-0.25, -0.2) is 4.98 Å². The van der Waals surface area contributed by atoms with E-state index in [9.17, 15) is 4.79 Å². The van der Waals surface area contributed by atoms with E-state index in [-0.39, 0.29) is 0 Å². The molecule has 0 saturated carbocycles. The molecule has 0 aliphatic carbocycles. The van der Waals surface area contributed by atoms with Crippen LogP contribution >= 0.6 is 0 Å². The fourth-order valence-electron chi connectivity index (χ4n) is 1.71. The molecule has 0 radical (unpaired) electrons. The third-order valence-corrected chi connectivity index (χ3v) is 2.53. The van der Waals surface area contributed by atoms with Gasteiger partial charge < -0.3 is 15.2 Å². The summed E-state index contributed by atoms with van der Waals surface area (Å²) in [5, 5.41) is 12.1. The lowest BCUT2D eigenvalue weighted by atomic mass is 9.97. The second kappa shape index (κ2) is 7.56. The monoisotopic (exact) mass is 267 g/mol. The fraction of sp³-hybridized carbons (Fsp3) is 0.615. The summed E-state index contributed by atoms with van der Waals surface area (Å²) in [6.45, 7) is 6.72. The normalized spacial score (nSPS) is 12.2. The van der Waals surface area contributed by atoms with Gasteiger partial charge in [-0.2, -0.15) is 4.98 Å². The van der Waals surface area contributed by atoms with Gasteiger partial charge in [0, 0.05) is 18.8 Å². The molecule has 0 bridgehead atoms. The zero-order valence-corrected chi connectivity index (χ0v) is 11.6. The predicted octanol–water partition coefficient (Wildman–Crippen LogP) is 2.03. The highest BCUT2D eigenvalue weighted by molar-refractivity contribution is 5.70. The van der Waals surface area contributed by atoms with Crippen LogP contribution in [0.15, 0.2) is 12.3 Å². The van der Waals surface area contributed by atoms with Gasteiger partial charge in [0.25, 0.3) is 0 Å². The van der Waals surface area contributed by atoms with Gasteiger partial charge in [0.1, 0.15) is 0 Å². The molecule has 2 N–H and O–H groups in total. The number of hydrogen-bond acceptors (Lipinski definition) is 5. The molecule has 1 heterocycles. The molecule has 1 aromatic rings. The molecule has 106 valence electrons. The van der Waals surface area contributed by atoms with Crippen LogP contribution in [0.1, 0.15) is 27.2 Å². The van der Waals surface area contributed by atoms with Gasteiger partial charge in [0.05, 0.1) is 12.5 Å². The SMILES string of the molecule is CCOc1ccnc(NCC(CC(C)C)C(=O)O)n1. The molecule has 0 amide bonds. The third kappa shape index (κ3) is 5.54. The number of nitrogens with zero attached hydrogens (tertiary/aromatic N) is 2. The second-order valence-electron chi connectivity index (χ2n) is 4.70. The minimum atomic E-state index is -0.804. The van der Waals surface area contributed by atoms with Gasteiger partial charge in [0.2, 0.25) is 11.8 Å². The molecule has 1 rings (SSSR count). The van der Waals surface area contributed by atoms with Gasteiger partial charge in [-0.3, -0.25) is 4.79 Å². The van der Waals surface area contributed by atoms with E-state index in [4.69, 9.17) is 9.84 Å². The Balaban J connectivity index is 2.58. The molecule has 0 aliphatic heterocycles. The third-order valence-electron chi connectivity index (χ3n) is 2.53. The predicted molar refractivity (Wildman–Crippen MR) is 72.3 cm³/mol. The van der Waals surface area contributed by atoms with Gasteiger partial charge in [0.15, 0.2) is 0 Å². The van der Waals surface area contributed by atoms with E-state index in [1.165, 1.54) is 0 Å². The lowest BCUT2D eigenvalue weighted by Crippen LogP contribution is -2.25. The van der Waals surface area contributed by atoms with Crippen molar-refractivity contribution in [3.8, 4) is 5.88 Å². The summed E-state index contributed by atoms with van der Waals surface area (Å²) >= 11 is 0. The minimum absolute atomic E-state index is 0.309. The highest BCUT2D eigenvalue weighted by atomic mass is 16.5. The van der Waals surface area contributed by atoms with Crippen LogP contribution in [0.25, 0.3) is 0 Å². The molecule has 0 spiro atoms. The Kier molecular flexibility index (Phi) is 6.05. The van der Waals surface area contributed by atoms with E-state index in [2.05, 4.69) is 15.3 Å². The Labute approximate surface area is 113 Å². The summed E-state index contributed by atoms with van der Waals surface area (Å²) in [6.07, 6.45) is 2.20. The molecule has 1 atom stereocenters. The Bertz CT molecular complexity index is 410. The van der Waals surface area contributed by atoms with E-state index < -0.39 is 11.9 Å². The zero-order chi connectivity index (χ0) is 14.3. The molecule has 6 nitrogen and oxygen atoms in total. The summed E-state index contributed by atoms with van der Waals surface area (Å²) in [7, 11) is 0. The Morgan fingerprint density at radius 2 is 2.26 bits per heavy atom. The molecular weight excluding hydrogens is 246 g/mol.